The van der Waals surface area contributed by atoms with Crippen LogP contribution in [0.2, 0.25) is 0 Å². The highest BCUT2D eigenvalue weighted by Gasteiger charge is 2.32. The summed E-state index contributed by atoms with van der Waals surface area (Å²) in [5, 5.41) is 2.62. The Morgan fingerprint density at radius 2 is 1.90 bits per heavy atom. The molecule has 1 N–H and O–H groups in total. The SMILES string of the molecule is CNC(=O)C1CCN(S(=O)(=O)c2ccc(Br)cc2Br)CC1. The minimum absolute atomic E-state index is 0.0168. The number of rotatable bonds is 3. The predicted molar refractivity (Wildman–Crippen MR) is 87.4 cm³/mol. The Morgan fingerprint density at radius 1 is 1.29 bits per heavy atom. The molecule has 1 aliphatic rings. The van der Waals surface area contributed by atoms with Gasteiger partial charge in [-0.2, -0.15) is 4.31 Å². The Labute approximate surface area is 141 Å². The Morgan fingerprint density at radius 3 is 2.43 bits per heavy atom. The van der Waals surface area contributed by atoms with Gasteiger partial charge in [0.05, 0.1) is 4.90 Å². The summed E-state index contributed by atoms with van der Waals surface area (Å²) in [4.78, 5) is 11.8. The lowest BCUT2D eigenvalue weighted by molar-refractivity contribution is -0.125. The van der Waals surface area contributed by atoms with Gasteiger partial charge in [-0.3, -0.25) is 4.79 Å². The molecule has 1 heterocycles. The molecule has 0 spiro atoms. The zero-order chi connectivity index (χ0) is 15.6. The first-order valence-corrected chi connectivity index (χ1v) is 9.55. The molecule has 1 saturated heterocycles. The quantitative estimate of drug-likeness (QED) is 0.785. The first-order chi connectivity index (χ1) is 9.86. The van der Waals surface area contributed by atoms with Gasteiger partial charge in [0.25, 0.3) is 0 Å². The monoisotopic (exact) mass is 438 g/mol. The molecule has 0 radical (unpaired) electrons. The van der Waals surface area contributed by atoms with Gasteiger partial charge < -0.3 is 5.32 Å². The summed E-state index contributed by atoms with van der Waals surface area (Å²) >= 11 is 6.60. The molecule has 8 heteroatoms. The maximum absolute atomic E-state index is 12.6. The van der Waals surface area contributed by atoms with Crippen LogP contribution >= 0.6 is 31.9 Å². The van der Waals surface area contributed by atoms with Crippen molar-refractivity contribution in [1.82, 2.24) is 9.62 Å². The van der Waals surface area contributed by atoms with Crippen LogP contribution in [0.4, 0.5) is 0 Å². The molecule has 21 heavy (non-hydrogen) atoms. The number of nitrogens with one attached hydrogen (secondary N) is 1. The van der Waals surface area contributed by atoms with E-state index in [4.69, 9.17) is 0 Å². The van der Waals surface area contributed by atoms with Gasteiger partial charge in [0.2, 0.25) is 15.9 Å². The lowest BCUT2D eigenvalue weighted by atomic mass is 9.97. The number of carbonyl (C=O) groups is 1. The Bertz CT molecular complexity index is 641. The smallest absolute Gasteiger partial charge is 0.244 e. The van der Waals surface area contributed by atoms with Crippen molar-refractivity contribution in [2.45, 2.75) is 17.7 Å². The van der Waals surface area contributed by atoms with E-state index in [9.17, 15) is 13.2 Å². The van der Waals surface area contributed by atoms with Crippen molar-refractivity contribution in [3.05, 3.63) is 27.1 Å². The van der Waals surface area contributed by atoms with Gasteiger partial charge in [-0.05, 0) is 47.0 Å². The van der Waals surface area contributed by atoms with Crippen molar-refractivity contribution in [1.29, 1.82) is 0 Å². The molecule has 1 aromatic rings. The van der Waals surface area contributed by atoms with Gasteiger partial charge in [0.15, 0.2) is 0 Å². The van der Waals surface area contributed by atoms with Crippen LogP contribution in [0, 0.1) is 5.92 Å². The first-order valence-electron chi connectivity index (χ1n) is 6.53. The maximum Gasteiger partial charge on any atom is 0.244 e. The molecular formula is C13H16Br2N2O3S. The van der Waals surface area contributed by atoms with E-state index in [-0.39, 0.29) is 16.7 Å². The number of nitrogens with zero attached hydrogens (tertiary/aromatic N) is 1. The second-order valence-corrected chi connectivity index (χ2v) is 8.54. The van der Waals surface area contributed by atoms with Crippen molar-refractivity contribution in [2.75, 3.05) is 20.1 Å². The third kappa shape index (κ3) is 3.67. The number of piperidine rings is 1. The first kappa shape index (κ1) is 16.9. The highest BCUT2D eigenvalue weighted by Crippen LogP contribution is 2.30. The molecule has 0 aromatic heterocycles. The zero-order valence-corrected chi connectivity index (χ0v) is 15.5. The van der Waals surface area contributed by atoms with Gasteiger partial charge in [0.1, 0.15) is 0 Å². The van der Waals surface area contributed by atoms with E-state index in [0.29, 0.717) is 30.4 Å². The van der Waals surface area contributed by atoms with Gasteiger partial charge in [0, 0.05) is 35.0 Å². The second kappa shape index (κ2) is 6.76. The lowest BCUT2D eigenvalue weighted by Gasteiger charge is -2.30. The van der Waals surface area contributed by atoms with E-state index in [0.717, 1.165) is 4.47 Å². The average molecular weight is 440 g/mol. The van der Waals surface area contributed by atoms with E-state index in [2.05, 4.69) is 37.2 Å². The van der Waals surface area contributed by atoms with E-state index in [1.807, 2.05) is 0 Å². The van der Waals surface area contributed by atoms with E-state index >= 15 is 0 Å². The van der Waals surface area contributed by atoms with Crippen LogP contribution in [0.25, 0.3) is 0 Å². The summed E-state index contributed by atoms with van der Waals surface area (Å²) in [6.45, 7) is 0.728. The number of hydrogen-bond donors (Lipinski definition) is 1. The second-order valence-electron chi connectivity index (χ2n) is 4.87. The molecule has 1 aliphatic heterocycles. The number of carbonyl (C=O) groups excluding carboxylic acids is 1. The summed E-state index contributed by atoms with van der Waals surface area (Å²) in [7, 11) is -1.93. The third-order valence-corrected chi connectivity index (χ3v) is 6.95. The number of hydrogen-bond acceptors (Lipinski definition) is 3. The molecule has 0 bridgehead atoms. The highest BCUT2D eigenvalue weighted by atomic mass is 79.9. The van der Waals surface area contributed by atoms with Crippen LogP contribution in [0.1, 0.15) is 12.8 Å². The van der Waals surface area contributed by atoms with E-state index in [1.165, 1.54) is 4.31 Å². The molecule has 1 amide bonds. The summed E-state index contributed by atoms with van der Waals surface area (Å²) in [5.74, 6) is -0.119. The molecule has 0 unspecified atom stereocenters. The minimum Gasteiger partial charge on any atom is -0.359 e. The molecule has 0 aliphatic carbocycles. The molecule has 0 atom stereocenters. The largest absolute Gasteiger partial charge is 0.359 e. The standard InChI is InChI=1S/C13H16Br2N2O3S/c1-16-13(18)9-4-6-17(7-5-9)21(19,20)12-3-2-10(14)8-11(12)15/h2-3,8-9H,4-7H2,1H3,(H,16,18). The number of halogens is 2. The Balaban J connectivity index is 2.17. The Kier molecular flexibility index (Phi) is 5.45. The van der Waals surface area contributed by atoms with E-state index in [1.54, 1.807) is 25.2 Å². The fourth-order valence-corrected chi connectivity index (χ4v) is 5.56. The zero-order valence-electron chi connectivity index (χ0n) is 11.5. The van der Waals surface area contributed by atoms with Gasteiger partial charge in [-0.25, -0.2) is 8.42 Å². The van der Waals surface area contributed by atoms with E-state index < -0.39 is 10.0 Å². The third-order valence-electron chi connectivity index (χ3n) is 3.58. The Hall–Kier alpha value is -0.440. The topological polar surface area (TPSA) is 66.5 Å². The molecule has 116 valence electrons. The minimum atomic E-state index is -3.53. The lowest BCUT2D eigenvalue weighted by Crippen LogP contribution is -2.42. The van der Waals surface area contributed by atoms with Crippen LogP contribution in [0.15, 0.2) is 32.0 Å². The van der Waals surface area contributed by atoms with Crippen LogP contribution < -0.4 is 5.32 Å². The number of amides is 1. The van der Waals surface area contributed by atoms with Crippen LogP contribution in [-0.4, -0.2) is 38.8 Å². The molecule has 1 aromatic carbocycles. The van der Waals surface area contributed by atoms with Crippen molar-refractivity contribution in [2.24, 2.45) is 5.92 Å². The van der Waals surface area contributed by atoms with Crippen molar-refractivity contribution in [3.63, 3.8) is 0 Å². The average Bonchev–Trinajstić information content (AvgIpc) is 2.46. The van der Waals surface area contributed by atoms with Crippen molar-refractivity contribution < 1.29 is 13.2 Å². The molecular weight excluding hydrogens is 424 g/mol. The fourth-order valence-electron chi connectivity index (χ4n) is 2.39. The van der Waals surface area contributed by atoms with Crippen LogP contribution in [0.3, 0.4) is 0 Å². The summed E-state index contributed by atoms with van der Waals surface area (Å²) in [6, 6.07) is 4.99. The molecule has 0 saturated carbocycles. The summed E-state index contributed by atoms with van der Waals surface area (Å²) in [5.41, 5.74) is 0. The van der Waals surface area contributed by atoms with Crippen molar-refractivity contribution in [3.8, 4) is 0 Å². The predicted octanol–water partition coefficient (Wildman–Crippen LogP) is 2.36. The summed E-state index contributed by atoms with van der Waals surface area (Å²) < 4.78 is 28.1. The molecule has 2 rings (SSSR count). The number of benzene rings is 1. The number of sulfonamides is 1. The normalized spacial score (nSPS) is 17.7. The van der Waals surface area contributed by atoms with Crippen LogP contribution in [-0.2, 0) is 14.8 Å². The molecule has 5 nitrogen and oxygen atoms in total. The van der Waals surface area contributed by atoms with Crippen LogP contribution in [0.5, 0.6) is 0 Å². The van der Waals surface area contributed by atoms with Gasteiger partial charge in [-0.15, -0.1) is 0 Å². The molecule has 1 fully saturated rings. The van der Waals surface area contributed by atoms with Gasteiger partial charge >= 0.3 is 0 Å². The maximum atomic E-state index is 12.6. The van der Waals surface area contributed by atoms with Gasteiger partial charge in [-0.1, -0.05) is 15.9 Å². The van der Waals surface area contributed by atoms with Crippen molar-refractivity contribution >= 4 is 47.8 Å². The summed E-state index contributed by atoms with van der Waals surface area (Å²) in [6.07, 6.45) is 1.10. The highest BCUT2D eigenvalue weighted by molar-refractivity contribution is 9.11. The fraction of sp³-hybridized carbons (Fsp3) is 0.462.